The first kappa shape index (κ1) is 13.4. The topological polar surface area (TPSA) is 0 Å². The molecular formula is C17H32. The summed E-state index contributed by atoms with van der Waals surface area (Å²) in [7, 11) is 0. The highest BCUT2D eigenvalue weighted by Gasteiger charge is 2.49. The second kappa shape index (κ2) is 4.94. The maximum Gasteiger partial charge on any atom is -0.0331 e. The van der Waals surface area contributed by atoms with E-state index in [0.29, 0.717) is 0 Å². The predicted molar refractivity (Wildman–Crippen MR) is 75.8 cm³/mol. The molecule has 2 rings (SSSR count). The first-order valence-electron chi connectivity index (χ1n) is 7.91. The predicted octanol–water partition coefficient (Wildman–Crippen LogP) is 5.23. The van der Waals surface area contributed by atoms with Crippen LogP contribution in [0.4, 0.5) is 0 Å². The molecule has 0 saturated heterocycles. The quantitative estimate of drug-likeness (QED) is 0.592. The van der Waals surface area contributed by atoms with Crippen LogP contribution in [0, 0.1) is 47.3 Å². The van der Waals surface area contributed by atoms with Crippen molar-refractivity contribution in [3.63, 3.8) is 0 Å². The van der Waals surface area contributed by atoms with Gasteiger partial charge in [-0.3, -0.25) is 0 Å². The lowest BCUT2D eigenvalue weighted by molar-refractivity contribution is 0.290. The van der Waals surface area contributed by atoms with Gasteiger partial charge in [-0.25, -0.2) is 0 Å². The van der Waals surface area contributed by atoms with E-state index in [1.807, 2.05) is 0 Å². The van der Waals surface area contributed by atoms with Crippen LogP contribution in [-0.4, -0.2) is 0 Å². The third-order valence-electron chi connectivity index (χ3n) is 5.81. The number of hydrogen-bond acceptors (Lipinski definition) is 0. The summed E-state index contributed by atoms with van der Waals surface area (Å²) in [6, 6.07) is 0. The maximum atomic E-state index is 2.48. The second-order valence-electron chi connectivity index (χ2n) is 7.79. The molecule has 2 fully saturated rings. The van der Waals surface area contributed by atoms with Gasteiger partial charge in [0.1, 0.15) is 0 Å². The summed E-state index contributed by atoms with van der Waals surface area (Å²) < 4.78 is 0. The van der Waals surface area contributed by atoms with Crippen LogP contribution >= 0.6 is 0 Å². The van der Waals surface area contributed by atoms with Crippen molar-refractivity contribution in [1.82, 2.24) is 0 Å². The van der Waals surface area contributed by atoms with Gasteiger partial charge in [0.05, 0.1) is 0 Å². The molecule has 2 aliphatic carbocycles. The highest BCUT2D eigenvalue weighted by molar-refractivity contribution is 4.97. The fourth-order valence-electron chi connectivity index (χ4n) is 4.16. The molecule has 0 aromatic heterocycles. The van der Waals surface area contributed by atoms with Gasteiger partial charge in [0.2, 0.25) is 0 Å². The Morgan fingerprint density at radius 3 is 1.94 bits per heavy atom. The van der Waals surface area contributed by atoms with Gasteiger partial charge in [-0.2, -0.15) is 0 Å². The van der Waals surface area contributed by atoms with Crippen molar-refractivity contribution >= 4 is 0 Å². The molecule has 100 valence electrons. The lowest BCUT2D eigenvalue weighted by Crippen LogP contribution is -2.12. The van der Waals surface area contributed by atoms with Crippen molar-refractivity contribution in [1.29, 1.82) is 0 Å². The molecule has 2 saturated carbocycles. The Kier molecular flexibility index (Phi) is 3.90. The van der Waals surface area contributed by atoms with Crippen molar-refractivity contribution in [3.8, 4) is 0 Å². The van der Waals surface area contributed by atoms with Gasteiger partial charge in [-0.15, -0.1) is 0 Å². The smallest absolute Gasteiger partial charge is 0.0331 e. The first-order chi connectivity index (χ1) is 7.91. The summed E-state index contributed by atoms with van der Waals surface area (Å²) in [4.78, 5) is 0. The van der Waals surface area contributed by atoms with Gasteiger partial charge in [0, 0.05) is 0 Å². The Hall–Kier alpha value is 0. The molecule has 0 heteroatoms. The largest absolute Gasteiger partial charge is 0.0625 e. The van der Waals surface area contributed by atoms with Gasteiger partial charge in [-0.05, 0) is 66.6 Å². The monoisotopic (exact) mass is 236 g/mol. The molecule has 2 aliphatic rings. The molecule has 17 heavy (non-hydrogen) atoms. The van der Waals surface area contributed by atoms with Crippen LogP contribution in [0.2, 0.25) is 0 Å². The Morgan fingerprint density at radius 2 is 1.59 bits per heavy atom. The minimum Gasteiger partial charge on any atom is -0.0625 e. The summed E-state index contributed by atoms with van der Waals surface area (Å²) in [5.41, 5.74) is 0. The lowest BCUT2D eigenvalue weighted by Gasteiger charge is -2.21. The summed E-state index contributed by atoms with van der Waals surface area (Å²) in [5.74, 6) is 8.01. The average Bonchev–Trinajstić information content (AvgIpc) is 3.06. The normalized spacial score (nSPS) is 42.0. The molecule has 0 aliphatic heterocycles. The van der Waals surface area contributed by atoms with Crippen molar-refractivity contribution in [3.05, 3.63) is 0 Å². The van der Waals surface area contributed by atoms with E-state index in [9.17, 15) is 0 Å². The van der Waals surface area contributed by atoms with Gasteiger partial charge in [-0.1, -0.05) is 41.5 Å². The van der Waals surface area contributed by atoms with Gasteiger partial charge in [0.15, 0.2) is 0 Å². The second-order valence-corrected chi connectivity index (χ2v) is 7.79. The van der Waals surface area contributed by atoms with Gasteiger partial charge in [0.25, 0.3) is 0 Å². The van der Waals surface area contributed by atoms with Gasteiger partial charge >= 0.3 is 0 Å². The van der Waals surface area contributed by atoms with Crippen LogP contribution < -0.4 is 0 Å². The lowest BCUT2D eigenvalue weighted by atomic mass is 9.84. The molecule has 0 radical (unpaired) electrons. The Morgan fingerprint density at radius 1 is 1.00 bits per heavy atom. The average molecular weight is 236 g/mol. The van der Waals surface area contributed by atoms with Crippen molar-refractivity contribution in [2.45, 2.75) is 60.8 Å². The standard InChI is InChI=1S/C17H32/c1-10(2)14(8-15-7-12(15)5)9-16-13(6)17(16)11(3)4/h10-17H,7-9H2,1-6H3. The van der Waals surface area contributed by atoms with Crippen molar-refractivity contribution in [2.24, 2.45) is 47.3 Å². The van der Waals surface area contributed by atoms with Crippen LogP contribution in [0.3, 0.4) is 0 Å². The molecule has 0 bridgehead atoms. The minimum absolute atomic E-state index is 0.892. The molecule has 0 spiro atoms. The minimum atomic E-state index is 0.892. The fraction of sp³-hybridized carbons (Fsp3) is 1.00. The van der Waals surface area contributed by atoms with E-state index >= 15 is 0 Å². The van der Waals surface area contributed by atoms with Crippen molar-refractivity contribution < 1.29 is 0 Å². The highest BCUT2D eigenvalue weighted by Crippen LogP contribution is 2.55. The zero-order chi connectivity index (χ0) is 12.7. The summed E-state index contributed by atoms with van der Waals surface area (Å²) >= 11 is 0. The Bertz CT molecular complexity index is 253. The van der Waals surface area contributed by atoms with Crippen molar-refractivity contribution in [2.75, 3.05) is 0 Å². The van der Waals surface area contributed by atoms with Crippen LogP contribution in [0.15, 0.2) is 0 Å². The highest BCUT2D eigenvalue weighted by atomic mass is 14.5. The van der Waals surface area contributed by atoms with E-state index < -0.39 is 0 Å². The third kappa shape index (κ3) is 3.06. The van der Waals surface area contributed by atoms with Crippen LogP contribution in [-0.2, 0) is 0 Å². The molecule has 0 nitrogen and oxygen atoms in total. The molecule has 6 unspecified atom stereocenters. The summed E-state index contributed by atoms with van der Waals surface area (Å²) in [6.45, 7) is 14.6. The molecule has 6 atom stereocenters. The van der Waals surface area contributed by atoms with Crippen LogP contribution in [0.5, 0.6) is 0 Å². The van der Waals surface area contributed by atoms with E-state index in [-0.39, 0.29) is 0 Å². The van der Waals surface area contributed by atoms with Crippen LogP contribution in [0.25, 0.3) is 0 Å². The number of hydrogen-bond donors (Lipinski definition) is 0. The zero-order valence-electron chi connectivity index (χ0n) is 12.7. The molecule has 0 N–H and O–H groups in total. The van der Waals surface area contributed by atoms with E-state index in [2.05, 4.69) is 41.5 Å². The summed E-state index contributed by atoms with van der Waals surface area (Å²) in [6.07, 6.45) is 4.55. The summed E-state index contributed by atoms with van der Waals surface area (Å²) in [5, 5.41) is 0. The third-order valence-corrected chi connectivity index (χ3v) is 5.81. The Balaban J connectivity index is 1.82. The SMILES string of the molecule is CC(C)C(CC1CC1C)CC1C(C)C1C(C)C. The van der Waals surface area contributed by atoms with E-state index in [1.54, 1.807) is 0 Å². The molecule has 0 amide bonds. The molecule has 0 aromatic carbocycles. The first-order valence-corrected chi connectivity index (χ1v) is 7.91. The fourth-order valence-corrected chi connectivity index (χ4v) is 4.16. The zero-order valence-corrected chi connectivity index (χ0v) is 12.7. The maximum absolute atomic E-state index is 2.48. The van der Waals surface area contributed by atoms with Gasteiger partial charge < -0.3 is 0 Å². The molecule has 0 aromatic rings. The number of rotatable bonds is 6. The van der Waals surface area contributed by atoms with Crippen LogP contribution in [0.1, 0.15) is 60.8 Å². The van der Waals surface area contributed by atoms with E-state index in [0.717, 1.165) is 47.3 Å². The molecular weight excluding hydrogens is 204 g/mol. The Labute approximate surface area is 109 Å². The van der Waals surface area contributed by atoms with E-state index in [1.165, 1.54) is 19.3 Å². The molecule has 0 heterocycles. The van der Waals surface area contributed by atoms with E-state index in [4.69, 9.17) is 0 Å².